The molecule has 1 aromatic rings. The summed E-state index contributed by atoms with van der Waals surface area (Å²) in [6.45, 7) is -0.220. The number of anilines is 1. The second kappa shape index (κ2) is 3.22. The fourth-order valence-corrected chi connectivity index (χ4v) is 0.840. The number of aromatic hydroxyl groups is 1. The maximum Gasteiger partial charge on any atom is 0.259 e. The van der Waals surface area contributed by atoms with Crippen molar-refractivity contribution >= 4 is 5.95 Å². The summed E-state index contributed by atoms with van der Waals surface area (Å²) < 4.78 is 0. The van der Waals surface area contributed by atoms with Gasteiger partial charge in [0.05, 0.1) is 5.56 Å². The zero-order valence-corrected chi connectivity index (χ0v) is 6.24. The van der Waals surface area contributed by atoms with E-state index >= 15 is 0 Å². The topological polar surface area (TPSA) is 112 Å². The van der Waals surface area contributed by atoms with Gasteiger partial charge in [-0.2, -0.15) is 4.98 Å². The van der Waals surface area contributed by atoms with Gasteiger partial charge in [0.25, 0.3) is 5.56 Å². The van der Waals surface area contributed by atoms with Crippen molar-refractivity contribution in [2.75, 3.05) is 12.3 Å². The van der Waals surface area contributed by atoms with Crippen LogP contribution in [0.3, 0.4) is 0 Å². The zero-order valence-electron chi connectivity index (χ0n) is 6.24. The molecule has 0 saturated heterocycles. The largest absolute Gasteiger partial charge is 0.493 e. The first kappa shape index (κ1) is 8.54. The summed E-state index contributed by atoms with van der Waals surface area (Å²) in [5.74, 6) is -0.565. The Morgan fingerprint density at radius 3 is 2.75 bits per heavy atom. The molecule has 0 aliphatic carbocycles. The van der Waals surface area contributed by atoms with Crippen molar-refractivity contribution in [2.45, 2.75) is 6.42 Å². The van der Waals surface area contributed by atoms with Gasteiger partial charge >= 0.3 is 0 Å². The van der Waals surface area contributed by atoms with E-state index in [1.54, 1.807) is 0 Å². The minimum atomic E-state index is -0.519. The van der Waals surface area contributed by atoms with E-state index in [1.807, 2.05) is 0 Å². The fraction of sp³-hybridized carbons (Fsp3) is 0.333. The van der Waals surface area contributed by atoms with Gasteiger partial charge < -0.3 is 15.9 Å². The number of aromatic amines is 1. The molecule has 0 aliphatic rings. The van der Waals surface area contributed by atoms with Crippen LogP contribution in [0.4, 0.5) is 5.95 Å². The number of nitrogen functional groups attached to an aromatic ring is 1. The third kappa shape index (κ3) is 1.54. The molecule has 0 spiro atoms. The van der Waals surface area contributed by atoms with E-state index < -0.39 is 11.4 Å². The highest BCUT2D eigenvalue weighted by Gasteiger charge is 2.07. The molecule has 12 heavy (non-hydrogen) atoms. The summed E-state index contributed by atoms with van der Waals surface area (Å²) in [6.07, 6.45) is 0.0639. The molecular weight excluding hydrogens is 162 g/mol. The molecule has 0 unspecified atom stereocenters. The smallest absolute Gasteiger partial charge is 0.259 e. The first-order valence-electron chi connectivity index (χ1n) is 3.33. The molecule has 0 radical (unpaired) electrons. The lowest BCUT2D eigenvalue weighted by molar-refractivity contribution is 0.296. The van der Waals surface area contributed by atoms with Gasteiger partial charge in [-0.3, -0.25) is 9.78 Å². The Morgan fingerprint density at radius 1 is 1.58 bits per heavy atom. The molecule has 1 heterocycles. The molecule has 1 rings (SSSR count). The van der Waals surface area contributed by atoms with E-state index in [4.69, 9.17) is 15.9 Å². The summed E-state index contributed by atoms with van der Waals surface area (Å²) in [7, 11) is 0. The zero-order chi connectivity index (χ0) is 9.14. The molecule has 0 fully saturated rings. The molecule has 0 bridgehead atoms. The SMILES string of the molecule is Nc1nc(O)c(CCO)c(=O)[nH]1. The second-order valence-corrected chi connectivity index (χ2v) is 2.23. The Morgan fingerprint density at radius 2 is 2.25 bits per heavy atom. The Balaban J connectivity index is 3.19. The Labute approximate surface area is 67.7 Å². The van der Waals surface area contributed by atoms with Crippen molar-refractivity contribution in [2.24, 2.45) is 0 Å². The van der Waals surface area contributed by atoms with Crippen LogP contribution < -0.4 is 11.3 Å². The van der Waals surface area contributed by atoms with E-state index in [-0.39, 0.29) is 24.5 Å². The van der Waals surface area contributed by atoms with Crippen LogP contribution in [0.15, 0.2) is 4.79 Å². The Kier molecular flexibility index (Phi) is 2.29. The van der Waals surface area contributed by atoms with Gasteiger partial charge in [0, 0.05) is 13.0 Å². The molecule has 6 nitrogen and oxygen atoms in total. The lowest BCUT2D eigenvalue weighted by atomic mass is 10.2. The van der Waals surface area contributed by atoms with Crippen LogP contribution in [-0.2, 0) is 6.42 Å². The average Bonchev–Trinajstić information content (AvgIpc) is 1.96. The number of hydrogen-bond acceptors (Lipinski definition) is 5. The number of aliphatic hydroxyl groups is 1. The molecule has 0 aliphatic heterocycles. The number of rotatable bonds is 2. The number of nitrogens with zero attached hydrogens (tertiary/aromatic N) is 1. The first-order chi connectivity index (χ1) is 5.65. The standard InChI is InChI=1S/C6H9N3O3/c7-6-8-4(11)3(1-2-10)5(12)9-6/h10H,1-2H2,(H4,7,8,9,11,12). The van der Waals surface area contributed by atoms with Crippen molar-refractivity contribution in [3.05, 3.63) is 15.9 Å². The van der Waals surface area contributed by atoms with Crippen LogP contribution in [0.1, 0.15) is 5.56 Å². The summed E-state index contributed by atoms with van der Waals surface area (Å²) in [4.78, 5) is 16.6. The van der Waals surface area contributed by atoms with E-state index in [0.29, 0.717) is 0 Å². The monoisotopic (exact) mass is 171 g/mol. The predicted molar refractivity (Wildman–Crippen MR) is 41.7 cm³/mol. The van der Waals surface area contributed by atoms with Crippen molar-refractivity contribution in [3.63, 3.8) is 0 Å². The maximum atomic E-state index is 11.0. The summed E-state index contributed by atoms with van der Waals surface area (Å²) >= 11 is 0. The third-order valence-corrected chi connectivity index (χ3v) is 1.37. The van der Waals surface area contributed by atoms with Crippen LogP contribution in [0, 0.1) is 0 Å². The first-order valence-corrected chi connectivity index (χ1v) is 3.33. The Bertz CT molecular complexity index is 333. The van der Waals surface area contributed by atoms with Gasteiger partial charge in [-0.1, -0.05) is 0 Å². The molecule has 0 aromatic carbocycles. The van der Waals surface area contributed by atoms with Crippen LogP contribution in [0.5, 0.6) is 5.88 Å². The van der Waals surface area contributed by atoms with Crippen molar-refractivity contribution in [1.29, 1.82) is 0 Å². The molecule has 5 N–H and O–H groups in total. The van der Waals surface area contributed by atoms with Crippen LogP contribution in [-0.4, -0.2) is 26.8 Å². The minimum absolute atomic E-state index is 0.0479. The highest BCUT2D eigenvalue weighted by molar-refractivity contribution is 5.28. The van der Waals surface area contributed by atoms with Crippen molar-refractivity contribution in [3.8, 4) is 5.88 Å². The summed E-state index contributed by atoms with van der Waals surface area (Å²) in [5.41, 5.74) is 4.66. The van der Waals surface area contributed by atoms with E-state index in [0.717, 1.165) is 0 Å². The molecule has 1 aromatic heterocycles. The lowest BCUT2D eigenvalue weighted by Gasteiger charge is -2.00. The Hall–Kier alpha value is -1.56. The number of aliphatic hydroxyl groups excluding tert-OH is 1. The van der Waals surface area contributed by atoms with Crippen molar-refractivity contribution < 1.29 is 10.2 Å². The van der Waals surface area contributed by atoms with Crippen molar-refractivity contribution in [1.82, 2.24) is 9.97 Å². The molecular formula is C6H9N3O3. The normalized spacial score (nSPS) is 10.1. The lowest BCUT2D eigenvalue weighted by Crippen LogP contribution is -2.17. The average molecular weight is 171 g/mol. The quantitative estimate of drug-likeness (QED) is 0.437. The van der Waals surface area contributed by atoms with Gasteiger partial charge in [-0.05, 0) is 0 Å². The third-order valence-electron chi connectivity index (χ3n) is 1.37. The summed E-state index contributed by atoms with van der Waals surface area (Å²) in [6, 6.07) is 0. The molecule has 0 atom stereocenters. The van der Waals surface area contributed by atoms with Crippen LogP contribution >= 0.6 is 0 Å². The minimum Gasteiger partial charge on any atom is -0.493 e. The van der Waals surface area contributed by atoms with E-state index in [9.17, 15) is 4.79 Å². The van der Waals surface area contributed by atoms with E-state index in [2.05, 4.69) is 9.97 Å². The maximum absolute atomic E-state index is 11.0. The number of aromatic nitrogens is 2. The number of nitrogens with one attached hydrogen (secondary N) is 1. The van der Waals surface area contributed by atoms with Gasteiger partial charge in [0.15, 0.2) is 0 Å². The van der Waals surface area contributed by atoms with Crippen LogP contribution in [0.25, 0.3) is 0 Å². The molecule has 0 amide bonds. The highest BCUT2D eigenvalue weighted by Crippen LogP contribution is 2.08. The van der Waals surface area contributed by atoms with Gasteiger partial charge in [-0.15, -0.1) is 0 Å². The fourth-order valence-electron chi connectivity index (χ4n) is 0.840. The van der Waals surface area contributed by atoms with Gasteiger partial charge in [0.1, 0.15) is 0 Å². The van der Waals surface area contributed by atoms with E-state index in [1.165, 1.54) is 0 Å². The second-order valence-electron chi connectivity index (χ2n) is 2.23. The number of H-pyrrole nitrogens is 1. The summed E-state index contributed by atoms with van der Waals surface area (Å²) in [5, 5.41) is 17.6. The number of nitrogens with two attached hydrogens (primary N) is 1. The molecule has 6 heteroatoms. The van der Waals surface area contributed by atoms with Crippen LogP contribution in [0.2, 0.25) is 0 Å². The molecule has 66 valence electrons. The predicted octanol–water partition coefficient (Wildman–Crippen LogP) is -1.41. The molecule has 0 saturated carbocycles. The number of hydrogen-bond donors (Lipinski definition) is 4. The highest BCUT2D eigenvalue weighted by atomic mass is 16.3. The van der Waals surface area contributed by atoms with Gasteiger partial charge in [-0.25, -0.2) is 0 Å². The van der Waals surface area contributed by atoms with Gasteiger partial charge in [0.2, 0.25) is 11.8 Å².